The summed E-state index contributed by atoms with van der Waals surface area (Å²) in [7, 11) is 0. The molecule has 0 spiro atoms. The Bertz CT molecular complexity index is 357. The lowest BCUT2D eigenvalue weighted by Crippen LogP contribution is -2.20. The highest BCUT2D eigenvalue weighted by Gasteiger charge is 2.17. The molecule has 0 bridgehead atoms. The van der Waals surface area contributed by atoms with Crippen molar-refractivity contribution >= 4 is 0 Å². The molecule has 1 aromatic rings. The molecule has 1 fully saturated rings. The molecule has 0 aliphatic heterocycles. The molecule has 1 saturated carbocycles. The smallest absolute Gasteiger partial charge is 0.147 e. The molecule has 4 nitrogen and oxygen atoms in total. The predicted molar refractivity (Wildman–Crippen MR) is 62.7 cm³/mol. The van der Waals surface area contributed by atoms with Crippen LogP contribution in [-0.2, 0) is 6.54 Å². The van der Waals surface area contributed by atoms with Crippen molar-refractivity contribution in [2.45, 2.75) is 44.7 Å². The van der Waals surface area contributed by atoms with Gasteiger partial charge in [0.25, 0.3) is 0 Å². The normalized spacial score (nSPS) is 17.2. The largest absolute Gasteiger partial charge is 0.313 e. The fourth-order valence-corrected chi connectivity index (χ4v) is 2.30. The third-order valence-electron chi connectivity index (χ3n) is 3.13. The van der Waals surface area contributed by atoms with Crippen molar-refractivity contribution in [1.29, 1.82) is 0 Å². The summed E-state index contributed by atoms with van der Waals surface area (Å²) in [5.41, 5.74) is 0. The second kappa shape index (κ2) is 5.66. The molecule has 0 unspecified atom stereocenters. The minimum Gasteiger partial charge on any atom is -0.313 e. The molecule has 1 aliphatic carbocycles. The van der Waals surface area contributed by atoms with Crippen LogP contribution in [0.3, 0.4) is 0 Å². The highest BCUT2D eigenvalue weighted by atomic mass is 15.3. The van der Waals surface area contributed by atoms with E-state index in [1.807, 2.05) is 6.33 Å². The highest BCUT2D eigenvalue weighted by Crippen LogP contribution is 2.28. The summed E-state index contributed by atoms with van der Waals surface area (Å²) in [4.78, 5) is 0. The van der Waals surface area contributed by atoms with Crippen LogP contribution in [0.15, 0.2) is 6.33 Å². The van der Waals surface area contributed by atoms with E-state index >= 15 is 0 Å². The molecule has 1 aliphatic rings. The van der Waals surface area contributed by atoms with Crippen LogP contribution < -0.4 is 5.32 Å². The lowest BCUT2D eigenvalue weighted by molar-refractivity contribution is 0.343. The zero-order valence-electron chi connectivity index (χ0n) is 9.52. The average molecular weight is 218 g/mol. The maximum atomic E-state index is 5.19. The summed E-state index contributed by atoms with van der Waals surface area (Å²) < 4.78 is 2.21. The second-order valence-corrected chi connectivity index (χ2v) is 4.25. The van der Waals surface area contributed by atoms with E-state index in [1.165, 1.54) is 32.1 Å². The minimum absolute atomic E-state index is 0.581. The van der Waals surface area contributed by atoms with Crippen LogP contribution in [0.25, 0.3) is 0 Å². The van der Waals surface area contributed by atoms with Crippen molar-refractivity contribution in [3.63, 3.8) is 0 Å². The van der Waals surface area contributed by atoms with Crippen LogP contribution in [0.2, 0.25) is 0 Å². The standard InChI is InChI=1S/C12H18N4/c1-2-8-13-9-12-15-14-10-16(12)11-6-4-3-5-7-11/h1,10-11,13H,3-9H2. The molecule has 4 heteroatoms. The molecule has 0 aromatic carbocycles. The van der Waals surface area contributed by atoms with Crippen LogP contribution in [0.1, 0.15) is 44.0 Å². The lowest BCUT2D eigenvalue weighted by Gasteiger charge is -2.23. The van der Waals surface area contributed by atoms with Gasteiger partial charge in [-0.3, -0.25) is 5.32 Å². The summed E-state index contributed by atoms with van der Waals surface area (Å²) in [6.45, 7) is 1.29. The van der Waals surface area contributed by atoms with E-state index in [0.717, 1.165) is 5.82 Å². The Morgan fingerprint density at radius 1 is 1.44 bits per heavy atom. The number of nitrogens with one attached hydrogen (secondary N) is 1. The Morgan fingerprint density at radius 2 is 2.25 bits per heavy atom. The van der Waals surface area contributed by atoms with E-state index < -0.39 is 0 Å². The van der Waals surface area contributed by atoms with E-state index in [-0.39, 0.29) is 0 Å². The molecule has 0 saturated heterocycles. The third kappa shape index (κ3) is 2.61. The van der Waals surface area contributed by atoms with Gasteiger partial charge in [-0.2, -0.15) is 0 Å². The molecule has 2 rings (SSSR count). The van der Waals surface area contributed by atoms with Gasteiger partial charge in [0, 0.05) is 6.04 Å². The van der Waals surface area contributed by atoms with Crippen LogP contribution in [-0.4, -0.2) is 21.3 Å². The van der Waals surface area contributed by atoms with Gasteiger partial charge >= 0.3 is 0 Å². The van der Waals surface area contributed by atoms with Gasteiger partial charge in [0.05, 0.1) is 13.1 Å². The van der Waals surface area contributed by atoms with Crippen LogP contribution in [0, 0.1) is 12.3 Å². The fourth-order valence-electron chi connectivity index (χ4n) is 2.30. The predicted octanol–water partition coefficient (Wildman–Crippen LogP) is 1.51. The lowest BCUT2D eigenvalue weighted by atomic mass is 9.95. The van der Waals surface area contributed by atoms with Gasteiger partial charge in [-0.05, 0) is 12.8 Å². The molecule has 0 amide bonds. The van der Waals surface area contributed by atoms with Crippen LogP contribution in [0.5, 0.6) is 0 Å². The summed E-state index contributed by atoms with van der Waals surface area (Å²) in [6.07, 6.45) is 13.5. The van der Waals surface area contributed by atoms with E-state index in [1.54, 1.807) is 0 Å². The third-order valence-corrected chi connectivity index (χ3v) is 3.13. The number of rotatable bonds is 4. The summed E-state index contributed by atoms with van der Waals surface area (Å²) >= 11 is 0. The minimum atomic E-state index is 0.581. The van der Waals surface area contributed by atoms with Crippen LogP contribution >= 0.6 is 0 Å². The molecule has 1 N–H and O–H groups in total. The first-order valence-electron chi connectivity index (χ1n) is 5.94. The zero-order valence-corrected chi connectivity index (χ0v) is 9.52. The van der Waals surface area contributed by atoms with E-state index in [0.29, 0.717) is 19.1 Å². The quantitative estimate of drug-likeness (QED) is 0.615. The monoisotopic (exact) mass is 218 g/mol. The van der Waals surface area contributed by atoms with Crippen molar-refractivity contribution in [3.05, 3.63) is 12.2 Å². The second-order valence-electron chi connectivity index (χ2n) is 4.25. The zero-order chi connectivity index (χ0) is 11.2. The van der Waals surface area contributed by atoms with Crippen molar-refractivity contribution in [3.8, 4) is 12.3 Å². The topological polar surface area (TPSA) is 42.7 Å². The van der Waals surface area contributed by atoms with Gasteiger partial charge < -0.3 is 4.57 Å². The number of hydrogen-bond acceptors (Lipinski definition) is 3. The van der Waals surface area contributed by atoms with Gasteiger partial charge in [-0.25, -0.2) is 0 Å². The fraction of sp³-hybridized carbons (Fsp3) is 0.667. The van der Waals surface area contributed by atoms with Crippen molar-refractivity contribution in [2.24, 2.45) is 0 Å². The molecule has 16 heavy (non-hydrogen) atoms. The van der Waals surface area contributed by atoms with Gasteiger partial charge in [-0.1, -0.05) is 25.2 Å². The van der Waals surface area contributed by atoms with Gasteiger partial charge in [0.1, 0.15) is 12.2 Å². The number of hydrogen-bond donors (Lipinski definition) is 1. The van der Waals surface area contributed by atoms with E-state index in [2.05, 4.69) is 26.0 Å². The van der Waals surface area contributed by atoms with Gasteiger partial charge in [0.15, 0.2) is 0 Å². The number of aromatic nitrogens is 3. The first-order valence-corrected chi connectivity index (χ1v) is 5.94. The van der Waals surface area contributed by atoms with Crippen molar-refractivity contribution in [2.75, 3.05) is 6.54 Å². The Kier molecular flexibility index (Phi) is 3.95. The summed E-state index contributed by atoms with van der Waals surface area (Å²) in [6, 6.07) is 0.589. The summed E-state index contributed by atoms with van der Waals surface area (Å²) in [5.74, 6) is 3.56. The molecule has 1 aromatic heterocycles. The average Bonchev–Trinajstić information content (AvgIpc) is 2.79. The summed E-state index contributed by atoms with van der Waals surface area (Å²) in [5, 5.41) is 11.3. The van der Waals surface area contributed by atoms with Gasteiger partial charge in [-0.15, -0.1) is 16.6 Å². The maximum Gasteiger partial charge on any atom is 0.147 e. The first kappa shape index (κ1) is 11.2. The van der Waals surface area contributed by atoms with Crippen LogP contribution in [0.4, 0.5) is 0 Å². The number of nitrogens with zero attached hydrogens (tertiary/aromatic N) is 3. The molecule has 0 atom stereocenters. The van der Waals surface area contributed by atoms with Crippen molar-refractivity contribution < 1.29 is 0 Å². The molecule has 86 valence electrons. The van der Waals surface area contributed by atoms with E-state index in [9.17, 15) is 0 Å². The Morgan fingerprint density at radius 3 is 3.00 bits per heavy atom. The SMILES string of the molecule is C#CCNCc1nncn1C1CCCCC1. The first-order chi connectivity index (χ1) is 7.92. The Hall–Kier alpha value is -1.34. The molecule has 1 heterocycles. The molecular formula is C12H18N4. The Labute approximate surface area is 96.5 Å². The molecular weight excluding hydrogens is 200 g/mol. The highest BCUT2D eigenvalue weighted by molar-refractivity contribution is 4.93. The van der Waals surface area contributed by atoms with Crippen molar-refractivity contribution in [1.82, 2.24) is 20.1 Å². The van der Waals surface area contributed by atoms with Gasteiger partial charge in [0.2, 0.25) is 0 Å². The number of terminal acetylenes is 1. The maximum absolute atomic E-state index is 5.19. The Balaban J connectivity index is 1.97. The van der Waals surface area contributed by atoms with E-state index in [4.69, 9.17) is 6.42 Å². The molecule has 0 radical (unpaired) electrons.